The summed E-state index contributed by atoms with van der Waals surface area (Å²) in [5, 5.41) is 0.633. The predicted octanol–water partition coefficient (Wildman–Crippen LogP) is 4.71. The molecule has 4 atom stereocenters. The number of carbonyl (C=O) groups excluding carboxylic acids is 3. The molecule has 0 bridgehead atoms. The first-order valence-corrected chi connectivity index (χ1v) is 17.0. The second-order valence-corrected chi connectivity index (χ2v) is 14.9. The van der Waals surface area contributed by atoms with E-state index in [0.717, 1.165) is 25.2 Å². The summed E-state index contributed by atoms with van der Waals surface area (Å²) >= 11 is 6.21. The lowest BCUT2D eigenvalue weighted by Gasteiger charge is -2.39. The van der Waals surface area contributed by atoms with Crippen LogP contribution in [0.15, 0.2) is 24.3 Å². The van der Waals surface area contributed by atoms with Crippen LogP contribution in [0.3, 0.4) is 0 Å². The molecule has 0 aromatic heterocycles. The highest BCUT2D eigenvalue weighted by Crippen LogP contribution is 2.41. The molecule has 0 unspecified atom stereocenters. The summed E-state index contributed by atoms with van der Waals surface area (Å²) in [5.74, 6) is -3.51. The average Bonchev–Trinajstić information content (AvgIpc) is 3.64. The van der Waals surface area contributed by atoms with Crippen molar-refractivity contribution in [1.29, 1.82) is 0 Å². The molecule has 11 heteroatoms. The van der Waals surface area contributed by atoms with Gasteiger partial charge in [0.2, 0.25) is 23.6 Å². The van der Waals surface area contributed by atoms with Crippen LogP contribution in [0, 0.1) is 5.92 Å². The zero-order valence-corrected chi connectivity index (χ0v) is 28.2. The number of rotatable bonds is 6. The second kappa shape index (κ2) is 13.4. The highest BCUT2D eigenvalue weighted by Gasteiger charge is 2.51. The van der Waals surface area contributed by atoms with Crippen molar-refractivity contribution in [3.8, 4) is 0 Å². The molecule has 1 aromatic rings. The molecular formula is C34H50ClF2N5O3. The number of halogens is 3. The number of benzene rings is 1. The number of nitrogens with zero attached hydrogens (tertiary/aromatic N) is 5. The van der Waals surface area contributed by atoms with Crippen LogP contribution in [0.1, 0.15) is 78.2 Å². The van der Waals surface area contributed by atoms with Crippen LogP contribution in [0.2, 0.25) is 5.02 Å². The predicted molar refractivity (Wildman–Crippen MR) is 171 cm³/mol. The van der Waals surface area contributed by atoms with Gasteiger partial charge in [0.1, 0.15) is 6.04 Å². The fraction of sp³-hybridized carbons (Fsp3) is 0.735. The van der Waals surface area contributed by atoms with Gasteiger partial charge in [-0.1, -0.05) is 30.7 Å². The van der Waals surface area contributed by atoms with Crippen LogP contribution in [0.25, 0.3) is 0 Å². The van der Waals surface area contributed by atoms with Crippen molar-refractivity contribution in [3.63, 3.8) is 0 Å². The summed E-state index contributed by atoms with van der Waals surface area (Å²) in [4.78, 5) is 52.1. The fourth-order valence-corrected chi connectivity index (χ4v) is 8.09. The molecule has 0 N–H and O–H groups in total. The number of hydrogen-bond donors (Lipinski definition) is 0. The van der Waals surface area contributed by atoms with E-state index in [1.165, 1.54) is 6.92 Å². The lowest BCUT2D eigenvalue weighted by molar-refractivity contribution is -0.147. The smallest absolute Gasteiger partial charge is 0.248 e. The van der Waals surface area contributed by atoms with Crippen molar-refractivity contribution in [2.75, 3.05) is 52.4 Å². The van der Waals surface area contributed by atoms with Gasteiger partial charge in [-0.25, -0.2) is 8.78 Å². The molecular weight excluding hydrogens is 600 g/mol. The monoisotopic (exact) mass is 649 g/mol. The molecule has 1 aromatic carbocycles. The fourth-order valence-electron chi connectivity index (χ4n) is 7.97. The molecule has 3 amide bonds. The van der Waals surface area contributed by atoms with E-state index in [1.54, 1.807) is 9.80 Å². The summed E-state index contributed by atoms with van der Waals surface area (Å²) in [6.45, 7) is 15.2. The third-order valence-electron chi connectivity index (χ3n) is 10.7. The van der Waals surface area contributed by atoms with Gasteiger partial charge < -0.3 is 19.6 Å². The maximum absolute atomic E-state index is 14.8. The van der Waals surface area contributed by atoms with Gasteiger partial charge in [-0.15, -0.1) is 0 Å². The molecule has 250 valence electrons. The number of carbonyl (C=O) groups is 3. The minimum atomic E-state index is -2.71. The number of alkyl halides is 2. The molecule has 1 saturated carbocycles. The Kier molecular flexibility index (Phi) is 10.2. The summed E-state index contributed by atoms with van der Waals surface area (Å²) in [6, 6.07) is 6.25. The molecule has 4 aliphatic rings. The molecule has 0 spiro atoms. The van der Waals surface area contributed by atoms with Crippen LogP contribution < -0.4 is 0 Å². The summed E-state index contributed by atoms with van der Waals surface area (Å²) < 4.78 is 28.2. The van der Waals surface area contributed by atoms with Gasteiger partial charge in [-0.2, -0.15) is 0 Å². The van der Waals surface area contributed by atoms with Crippen LogP contribution in [-0.2, 0) is 14.4 Å². The number of hydrogen-bond acceptors (Lipinski definition) is 5. The molecule has 5 rings (SSSR count). The lowest BCUT2D eigenvalue weighted by atomic mass is 9.87. The van der Waals surface area contributed by atoms with Crippen molar-refractivity contribution in [3.05, 3.63) is 34.9 Å². The SMILES string of the molecule is CCN1CCN(C(=O)[C@@H]2C[C@H](N(C(C)=O)C3CCC(F)(F)CC3)CN2C(=O)[C@H]2CN(C(C)(C)C)C[C@H]2c2ccc(Cl)cc2)CC1. The topological polar surface area (TPSA) is 67.4 Å². The molecule has 4 fully saturated rings. The molecule has 0 radical (unpaired) electrons. The first-order chi connectivity index (χ1) is 21.2. The number of likely N-dealkylation sites (tertiary alicyclic amines) is 2. The van der Waals surface area contributed by atoms with Crippen LogP contribution in [-0.4, -0.2) is 124 Å². The van der Waals surface area contributed by atoms with Crippen molar-refractivity contribution in [1.82, 2.24) is 24.5 Å². The Hall–Kier alpha value is -2.30. The van der Waals surface area contributed by atoms with Crippen LogP contribution >= 0.6 is 11.6 Å². The van der Waals surface area contributed by atoms with E-state index < -0.39 is 18.0 Å². The maximum atomic E-state index is 14.8. The molecule has 45 heavy (non-hydrogen) atoms. The van der Waals surface area contributed by atoms with Gasteiger partial charge in [0, 0.05) is 88.1 Å². The van der Waals surface area contributed by atoms with Crippen molar-refractivity contribution < 1.29 is 23.2 Å². The molecule has 8 nitrogen and oxygen atoms in total. The van der Waals surface area contributed by atoms with Gasteiger partial charge in [0.25, 0.3) is 0 Å². The number of piperazine rings is 1. The lowest BCUT2D eigenvalue weighted by Crippen LogP contribution is -2.55. The zero-order valence-electron chi connectivity index (χ0n) is 27.5. The molecule has 3 heterocycles. The first kappa shape index (κ1) is 34.0. The minimum Gasteiger partial charge on any atom is -0.338 e. The Morgan fingerprint density at radius 2 is 1.56 bits per heavy atom. The van der Waals surface area contributed by atoms with E-state index in [4.69, 9.17) is 11.6 Å². The van der Waals surface area contributed by atoms with E-state index in [0.29, 0.717) is 37.6 Å². The Morgan fingerprint density at radius 1 is 0.933 bits per heavy atom. The van der Waals surface area contributed by atoms with Gasteiger partial charge in [0.15, 0.2) is 0 Å². The third kappa shape index (κ3) is 7.49. The Bertz CT molecular complexity index is 1220. The Labute approximate surface area is 272 Å². The van der Waals surface area contributed by atoms with E-state index in [-0.39, 0.29) is 73.4 Å². The molecule has 3 aliphatic heterocycles. The highest BCUT2D eigenvalue weighted by molar-refractivity contribution is 6.30. The highest BCUT2D eigenvalue weighted by atomic mass is 35.5. The summed E-state index contributed by atoms with van der Waals surface area (Å²) in [6.07, 6.45) is 0.252. The van der Waals surface area contributed by atoms with Gasteiger partial charge in [-0.3, -0.25) is 19.3 Å². The maximum Gasteiger partial charge on any atom is 0.248 e. The molecule has 3 saturated heterocycles. The van der Waals surface area contributed by atoms with Crippen molar-refractivity contribution >= 4 is 29.3 Å². The third-order valence-corrected chi connectivity index (χ3v) is 11.0. The zero-order chi connectivity index (χ0) is 32.7. The van der Waals surface area contributed by atoms with Crippen molar-refractivity contribution in [2.24, 2.45) is 5.92 Å². The van der Waals surface area contributed by atoms with Gasteiger partial charge in [-0.05, 0) is 64.3 Å². The molecule has 1 aliphatic carbocycles. The van der Waals surface area contributed by atoms with Crippen LogP contribution in [0.5, 0.6) is 0 Å². The second-order valence-electron chi connectivity index (χ2n) is 14.5. The first-order valence-electron chi connectivity index (χ1n) is 16.7. The van der Waals surface area contributed by atoms with Gasteiger partial charge in [0.05, 0.1) is 12.0 Å². The summed E-state index contributed by atoms with van der Waals surface area (Å²) in [7, 11) is 0. The normalized spacial score (nSPS) is 28.4. The van der Waals surface area contributed by atoms with Gasteiger partial charge >= 0.3 is 0 Å². The summed E-state index contributed by atoms with van der Waals surface area (Å²) in [5.41, 5.74) is 0.878. The minimum absolute atomic E-state index is 0.0750. The Balaban J connectivity index is 1.45. The standard InChI is InChI=1S/C34H50ClF2N5O3/c1-6-38-15-17-39(18-16-38)32(45)30-19-27(42(23(2)43)26-11-13-34(36,37)14-12-26)20-41(30)31(44)29-22-40(33(3,4)5)21-28(29)24-7-9-25(35)10-8-24/h7-10,26-30H,6,11-22H2,1-5H3/t27-,28-,29-,30-/m0/s1. The van der Waals surface area contributed by atoms with E-state index in [1.807, 2.05) is 29.2 Å². The number of likely N-dealkylation sites (N-methyl/N-ethyl adjacent to an activating group) is 1. The largest absolute Gasteiger partial charge is 0.338 e. The van der Waals surface area contributed by atoms with Crippen molar-refractivity contribution in [2.45, 2.75) is 102 Å². The quantitative estimate of drug-likeness (QED) is 0.447. The van der Waals surface area contributed by atoms with E-state index in [9.17, 15) is 23.2 Å². The van der Waals surface area contributed by atoms with Crippen LogP contribution in [0.4, 0.5) is 8.78 Å². The van der Waals surface area contributed by atoms with E-state index in [2.05, 4.69) is 37.5 Å². The van der Waals surface area contributed by atoms with E-state index >= 15 is 0 Å². The number of amides is 3. The Morgan fingerprint density at radius 3 is 2.11 bits per heavy atom. The average molecular weight is 650 g/mol.